The molecule has 0 atom stereocenters. The van der Waals surface area contributed by atoms with Crippen LogP contribution in [0.15, 0.2) is 11.6 Å². The average molecular weight is 210 g/mol. The number of allylic oxidation sites excluding steroid dienone is 1. The molecule has 3 heteroatoms. The maximum absolute atomic E-state index is 11.4. The highest BCUT2D eigenvalue weighted by atomic mass is 16.2. The molecular formula is C12H22N2O. The number of urea groups is 1. The van der Waals surface area contributed by atoms with Crippen molar-refractivity contribution in [2.75, 3.05) is 6.54 Å². The van der Waals surface area contributed by atoms with Gasteiger partial charge in [0.1, 0.15) is 0 Å². The van der Waals surface area contributed by atoms with Gasteiger partial charge >= 0.3 is 6.03 Å². The minimum Gasteiger partial charge on any atom is -0.335 e. The molecule has 0 saturated heterocycles. The molecule has 0 bridgehead atoms. The predicted octanol–water partition coefficient (Wildman–Crippen LogP) is 2.58. The van der Waals surface area contributed by atoms with Gasteiger partial charge in [-0.3, -0.25) is 0 Å². The van der Waals surface area contributed by atoms with E-state index in [2.05, 4.69) is 10.6 Å². The van der Waals surface area contributed by atoms with Gasteiger partial charge in [-0.1, -0.05) is 30.9 Å². The summed E-state index contributed by atoms with van der Waals surface area (Å²) in [5, 5.41) is 5.85. The quantitative estimate of drug-likeness (QED) is 0.691. The third-order valence-corrected chi connectivity index (χ3v) is 2.71. The van der Waals surface area contributed by atoms with Crippen LogP contribution in [0.1, 0.15) is 46.0 Å². The van der Waals surface area contributed by atoms with Crippen LogP contribution in [-0.4, -0.2) is 18.6 Å². The SMILES string of the molecule is CC(C)=CCNC(=O)NC1CCCCC1. The first-order chi connectivity index (χ1) is 7.18. The van der Waals surface area contributed by atoms with Gasteiger partial charge in [0.05, 0.1) is 0 Å². The third kappa shape index (κ3) is 5.45. The van der Waals surface area contributed by atoms with Crippen molar-refractivity contribution in [2.24, 2.45) is 0 Å². The summed E-state index contributed by atoms with van der Waals surface area (Å²) >= 11 is 0. The Hall–Kier alpha value is -0.990. The Morgan fingerprint density at radius 3 is 2.53 bits per heavy atom. The van der Waals surface area contributed by atoms with Crippen molar-refractivity contribution < 1.29 is 4.79 Å². The molecule has 1 rings (SSSR count). The third-order valence-electron chi connectivity index (χ3n) is 2.71. The minimum atomic E-state index is -0.0283. The van der Waals surface area contributed by atoms with Gasteiger partial charge in [-0.2, -0.15) is 0 Å². The van der Waals surface area contributed by atoms with Crippen molar-refractivity contribution in [1.82, 2.24) is 10.6 Å². The molecule has 0 aromatic heterocycles. The van der Waals surface area contributed by atoms with Crippen molar-refractivity contribution in [3.05, 3.63) is 11.6 Å². The fourth-order valence-corrected chi connectivity index (χ4v) is 1.83. The van der Waals surface area contributed by atoms with Crippen LogP contribution < -0.4 is 10.6 Å². The molecule has 1 aliphatic carbocycles. The van der Waals surface area contributed by atoms with Gasteiger partial charge in [0.15, 0.2) is 0 Å². The normalized spacial score (nSPS) is 16.9. The first kappa shape index (κ1) is 12.1. The predicted molar refractivity (Wildman–Crippen MR) is 62.8 cm³/mol. The number of hydrogen-bond acceptors (Lipinski definition) is 1. The minimum absolute atomic E-state index is 0.0283. The molecule has 0 heterocycles. The van der Waals surface area contributed by atoms with E-state index in [1.807, 2.05) is 19.9 Å². The molecule has 1 aliphatic rings. The van der Waals surface area contributed by atoms with Crippen LogP contribution in [0.5, 0.6) is 0 Å². The zero-order valence-electron chi connectivity index (χ0n) is 9.81. The van der Waals surface area contributed by atoms with E-state index in [0.29, 0.717) is 12.6 Å². The van der Waals surface area contributed by atoms with E-state index in [4.69, 9.17) is 0 Å². The molecule has 0 aromatic rings. The Morgan fingerprint density at radius 1 is 1.27 bits per heavy atom. The van der Waals surface area contributed by atoms with Gasteiger partial charge in [0, 0.05) is 12.6 Å². The van der Waals surface area contributed by atoms with Crippen LogP contribution in [0.3, 0.4) is 0 Å². The smallest absolute Gasteiger partial charge is 0.315 e. The molecule has 15 heavy (non-hydrogen) atoms. The van der Waals surface area contributed by atoms with E-state index in [9.17, 15) is 4.79 Å². The van der Waals surface area contributed by atoms with Crippen molar-refractivity contribution in [3.8, 4) is 0 Å². The number of carbonyl (C=O) groups is 1. The van der Waals surface area contributed by atoms with Gasteiger partial charge in [-0.15, -0.1) is 0 Å². The van der Waals surface area contributed by atoms with Gasteiger partial charge in [0.25, 0.3) is 0 Å². The lowest BCUT2D eigenvalue weighted by molar-refractivity contribution is 0.233. The molecule has 0 spiro atoms. The Balaban J connectivity index is 2.14. The topological polar surface area (TPSA) is 41.1 Å². The first-order valence-corrected chi connectivity index (χ1v) is 5.86. The van der Waals surface area contributed by atoms with E-state index >= 15 is 0 Å². The summed E-state index contributed by atoms with van der Waals surface area (Å²) in [5.74, 6) is 0. The summed E-state index contributed by atoms with van der Waals surface area (Å²) in [7, 11) is 0. The summed E-state index contributed by atoms with van der Waals surface area (Å²) in [6.45, 7) is 4.68. The van der Waals surface area contributed by atoms with E-state index in [1.54, 1.807) is 0 Å². The molecule has 2 N–H and O–H groups in total. The molecule has 1 saturated carbocycles. The molecule has 0 aromatic carbocycles. The summed E-state index contributed by atoms with van der Waals surface area (Å²) in [6.07, 6.45) is 8.10. The second-order valence-electron chi connectivity index (χ2n) is 4.47. The lowest BCUT2D eigenvalue weighted by Crippen LogP contribution is -2.42. The molecule has 1 fully saturated rings. The second kappa shape index (κ2) is 6.49. The first-order valence-electron chi connectivity index (χ1n) is 5.86. The van der Waals surface area contributed by atoms with E-state index in [-0.39, 0.29) is 6.03 Å². The Bertz CT molecular complexity index is 226. The van der Waals surface area contributed by atoms with Gasteiger partial charge in [-0.25, -0.2) is 4.79 Å². The van der Waals surface area contributed by atoms with Crippen molar-refractivity contribution >= 4 is 6.03 Å². The maximum atomic E-state index is 11.4. The van der Waals surface area contributed by atoms with E-state index < -0.39 is 0 Å². The van der Waals surface area contributed by atoms with E-state index in [0.717, 1.165) is 12.8 Å². The van der Waals surface area contributed by atoms with Crippen LogP contribution >= 0.6 is 0 Å². The zero-order valence-corrected chi connectivity index (χ0v) is 9.81. The highest BCUT2D eigenvalue weighted by Gasteiger charge is 2.14. The highest BCUT2D eigenvalue weighted by molar-refractivity contribution is 5.74. The van der Waals surface area contributed by atoms with Crippen molar-refractivity contribution in [2.45, 2.75) is 52.0 Å². The Kier molecular flexibility index (Phi) is 5.22. The molecular weight excluding hydrogens is 188 g/mol. The molecule has 0 unspecified atom stereocenters. The Morgan fingerprint density at radius 2 is 1.93 bits per heavy atom. The molecule has 0 radical (unpaired) electrons. The number of carbonyl (C=O) groups excluding carboxylic acids is 1. The van der Waals surface area contributed by atoms with Gasteiger partial charge < -0.3 is 10.6 Å². The fraction of sp³-hybridized carbons (Fsp3) is 0.750. The highest BCUT2D eigenvalue weighted by Crippen LogP contribution is 2.16. The van der Waals surface area contributed by atoms with Crippen LogP contribution in [0.4, 0.5) is 4.79 Å². The number of rotatable bonds is 3. The molecule has 0 aliphatic heterocycles. The van der Waals surface area contributed by atoms with Crippen molar-refractivity contribution in [1.29, 1.82) is 0 Å². The number of amides is 2. The summed E-state index contributed by atoms with van der Waals surface area (Å²) in [4.78, 5) is 11.4. The molecule has 2 amide bonds. The van der Waals surface area contributed by atoms with Crippen LogP contribution in [0.2, 0.25) is 0 Å². The monoisotopic (exact) mass is 210 g/mol. The van der Waals surface area contributed by atoms with Crippen LogP contribution in [0, 0.1) is 0 Å². The average Bonchev–Trinajstić information content (AvgIpc) is 2.18. The standard InChI is InChI=1S/C12H22N2O/c1-10(2)8-9-13-12(15)14-11-6-4-3-5-7-11/h8,11H,3-7,9H2,1-2H3,(H2,13,14,15). The lowest BCUT2D eigenvalue weighted by Gasteiger charge is -2.22. The summed E-state index contributed by atoms with van der Waals surface area (Å²) in [6, 6.07) is 0.366. The number of hydrogen-bond donors (Lipinski definition) is 2. The van der Waals surface area contributed by atoms with Crippen molar-refractivity contribution in [3.63, 3.8) is 0 Å². The van der Waals surface area contributed by atoms with E-state index in [1.165, 1.54) is 24.8 Å². The summed E-state index contributed by atoms with van der Waals surface area (Å²) in [5.41, 5.74) is 1.23. The molecule has 3 nitrogen and oxygen atoms in total. The second-order valence-corrected chi connectivity index (χ2v) is 4.47. The Labute approximate surface area is 92.3 Å². The largest absolute Gasteiger partial charge is 0.335 e. The van der Waals surface area contributed by atoms with Gasteiger partial charge in [0.2, 0.25) is 0 Å². The fourth-order valence-electron chi connectivity index (χ4n) is 1.83. The van der Waals surface area contributed by atoms with Crippen LogP contribution in [-0.2, 0) is 0 Å². The zero-order chi connectivity index (χ0) is 11.1. The summed E-state index contributed by atoms with van der Waals surface area (Å²) < 4.78 is 0. The maximum Gasteiger partial charge on any atom is 0.315 e. The molecule has 86 valence electrons. The van der Waals surface area contributed by atoms with Gasteiger partial charge in [-0.05, 0) is 26.7 Å². The lowest BCUT2D eigenvalue weighted by atomic mass is 9.96. The van der Waals surface area contributed by atoms with Crippen LogP contribution in [0.25, 0.3) is 0 Å². The number of nitrogens with one attached hydrogen (secondary N) is 2.